The number of benzene rings is 2. The van der Waals surface area contributed by atoms with E-state index < -0.39 is 0 Å². The van der Waals surface area contributed by atoms with E-state index >= 15 is 0 Å². The predicted molar refractivity (Wildman–Crippen MR) is 271 cm³/mol. The molecule has 2 aromatic rings. The predicted octanol–water partition coefficient (Wildman–Crippen LogP) is 20.5. The Morgan fingerprint density at radius 3 is 0.967 bits per heavy atom. The van der Waals surface area contributed by atoms with Gasteiger partial charge >= 0.3 is 0 Å². The molecule has 2 heteroatoms. The Morgan fingerprint density at radius 1 is 0.344 bits per heavy atom. The molecule has 0 N–H and O–H groups in total. The summed E-state index contributed by atoms with van der Waals surface area (Å²) in [7, 11) is 0. The fourth-order valence-corrected chi connectivity index (χ4v) is 9.87. The molecule has 0 atom stereocenters. The maximum absolute atomic E-state index is 12.0. The van der Waals surface area contributed by atoms with Crippen LogP contribution in [0.5, 0.6) is 0 Å². The van der Waals surface area contributed by atoms with Crippen molar-refractivity contribution in [3.8, 4) is 0 Å². The third kappa shape index (κ3) is 23.1. The van der Waals surface area contributed by atoms with Gasteiger partial charge in [0, 0.05) is 22.3 Å². The Labute approximate surface area is 380 Å². The molecule has 61 heavy (non-hydrogen) atoms. The van der Waals surface area contributed by atoms with Crippen molar-refractivity contribution in [1.82, 2.24) is 0 Å². The van der Waals surface area contributed by atoms with Crippen molar-refractivity contribution < 1.29 is 4.70 Å². The Bertz CT molecular complexity index is 1460. The van der Waals surface area contributed by atoms with Crippen LogP contribution in [0.4, 0.5) is 0 Å². The standard InChI is InChI=1S/C59H98N2/c1-5-8-11-13-15-17-19-21-23-25-27-29-31-33-35-37-39-43-53-45-41-47-55(50-53)58-52(4)57(49-10-7-3)59(61(58)60)56-48-42-46-54(51-56)44-40-38-36-34-32-30-28-26-24-22-20-18-16-14-12-9-6-2/h41-42,45-48,50-51H,5-40,43-44,49H2,1-4H3. The van der Waals surface area contributed by atoms with Crippen LogP contribution in [0.25, 0.3) is 16.9 Å². The molecule has 0 unspecified atom stereocenters. The molecule has 344 valence electrons. The number of hydrogen-bond donors (Lipinski definition) is 0. The van der Waals surface area contributed by atoms with Gasteiger partial charge < -0.3 is 5.53 Å². The highest BCUT2D eigenvalue weighted by atomic mass is 15.2. The number of allylic oxidation sites excluding steroid dienone is 2. The third-order valence-corrected chi connectivity index (χ3v) is 13.8. The lowest BCUT2D eigenvalue weighted by molar-refractivity contribution is -0.345. The van der Waals surface area contributed by atoms with Crippen LogP contribution in [0.15, 0.2) is 59.7 Å². The largest absolute Gasteiger partial charge is 0.493 e. The van der Waals surface area contributed by atoms with E-state index in [1.54, 1.807) is 4.70 Å². The summed E-state index contributed by atoms with van der Waals surface area (Å²) in [6.45, 7) is 9.12. The van der Waals surface area contributed by atoms with Crippen LogP contribution in [0.1, 0.15) is 288 Å². The second kappa shape index (κ2) is 35.9. The van der Waals surface area contributed by atoms with Gasteiger partial charge in [0.1, 0.15) is 0 Å². The van der Waals surface area contributed by atoms with Gasteiger partial charge in [-0.15, -0.1) is 0 Å². The Morgan fingerprint density at radius 2 is 0.639 bits per heavy atom. The number of nitrogens with zero attached hydrogens (tertiary/aromatic N) is 2. The average Bonchev–Trinajstić information content (AvgIpc) is 3.52. The first kappa shape index (κ1) is 52.9. The van der Waals surface area contributed by atoms with E-state index in [9.17, 15) is 5.53 Å². The molecule has 0 aromatic heterocycles. The summed E-state index contributed by atoms with van der Waals surface area (Å²) < 4.78 is 1.55. The fourth-order valence-electron chi connectivity index (χ4n) is 9.87. The minimum atomic E-state index is 0.976. The van der Waals surface area contributed by atoms with Gasteiger partial charge in [-0.2, -0.15) is 0 Å². The molecule has 3 rings (SSSR count). The smallest absolute Gasteiger partial charge is 0.211 e. The fraction of sp³-hybridized carbons (Fsp3) is 0.729. The maximum atomic E-state index is 12.0. The monoisotopic (exact) mass is 835 g/mol. The average molecular weight is 835 g/mol. The lowest BCUT2D eigenvalue weighted by Crippen LogP contribution is -2.03. The molecular formula is C59H98N2. The van der Waals surface area contributed by atoms with Crippen LogP contribution in [0.2, 0.25) is 0 Å². The molecule has 1 heterocycles. The SMILES string of the molecule is CCCCCCCCCCCCCCCCCCCc1cccc(C2=C(C)C(CCCC)=C(c3cccc(CCCCCCCCCCCCCCCCCCC)c3)[N+]2=[N-])c1. The van der Waals surface area contributed by atoms with Gasteiger partial charge in [-0.05, 0) is 80.8 Å². The molecule has 1 aliphatic heterocycles. The van der Waals surface area contributed by atoms with Crippen molar-refractivity contribution in [3.63, 3.8) is 0 Å². The number of hydrogen-bond acceptors (Lipinski definition) is 0. The quantitative estimate of drug-likeness (QED) is 0.0471. The van der Waals surface area contributed by atoms with E-state index in [0.717, 1.165) is 54.6 Å². The Kier molecular flexibility index (Phi) is 31.1. The van der Waals surface area contributed by atoms with Crippen molar-refractivity contribution >= 4 is 11.4 Å². The van der Waals surface area contributed by atoms with Crippen LogP contribution < -0.4 is 0 Å². The van der Waals surface area contributed by atoms with Gasteiger partial charge in [-0.3, -0.25) is 0 Å². The zero-order valence-electron chi connectivity index (χ0n) is 41.1. The van der Waals surface area contributed by atoms with Gasteiger partial charge in [0.2, 0.25) is 11.4 Å². The summed E-state index contributed by atoms with van der Waals surface area (Å²) in [5.41, 5.74) is 21.6. The molecule has 0 spiro atoms. The normalized spacial score (nSPS) is 13.1. The summed E-state index contributed by atoms with van der Waals surface area (Å²) >= 11 is 0. The topological polar surface area (TPSA) is 25.3 Å². The van der Waals surface area contributed by atoms with Crippen LogP contribution >= 0.6 is 0 Å². The Hall–Kier alpha value is -2.48. The zero-order valence-corrected chi connectivity index (χ0v) is 41.1. The van der Waals surface area contributed by atoms with E-state index in [-0.39, 0.29) is 0 Å². The molecule has 0 radical (unpaired) electrons. The lowest BCUT2D eigenvalue weighted by atomic mass is 9.95. The van der Waals surface area contributed by atoms with E-state index in [1.807, 2.05) is 0 Å². The van der Waals surface area contributed by atoms with E-state index in [4.69, 9.17) is 0 Å². The third-order valence-electron chi connectivity index (χ3n) is 13.8. The molecule has 1 aliphatic rings. The van der Waals surface area contributed by atoms with Gasteiger partial charge in [0.15, 0.2) is 0 Å². The summed E-state index contributed by atoms with van der Waals surface area (Å²) in [4.78, 5) is 0. The maximum Gasteiger partial charge on any atom is 0.211 e. The molecule has 2 nitrogen and oxygen atoms in total. The van der Waals surface area contributed by atoms with Crippen LogP contribution in [-0.4, -0.2) is 4.70 Å². The number of unbranched alkanes of at least 4 members (excludes halogenated alkanes) is 33. The van der Waals surface area contributed by atoms with Gasteiger partial charge in [0.05, 0.1) is 0 Å². The van der Waals surface area contributed by atoms with Crippen molar-refractivity contribution in [3.05, 3.63) is 87.5 Å². The van der Waals surface area contributed by atoms with Gasteiger partial charge in [0.25, 0.3) is 0 Å². The number of rotatable bonds is 41. The molecule has 0 amide bonds. The summed E-state index contributed by atoms with van der Waals surface area (Å²) in [5, 5.41) is 0. The van der Waals surface area contributed by atoms with Crippen molar-refractivity contribution in [1.29, 1.82) is 0 Å². The van der Waals surface area contributed by atoms with E-state index in [2.05, 4.69) is 76.2 Å². The minimum absolute atomic E-state index is 0.976. The van der Waals surface area contributed by atoms with Crippen LogP contribution in [-0.2, 0) is 12.8 Å². The molecule has 0 bridgehead atoms. The van der Waals surface area contributed by atoms with Gasteiger partial charge in [-0.25, -0.2) is 4.70 Å². The Balaban J connectivity index is 1.34. The molecule has 2 aromatic carbocycles. The molecule has 0 aliphatic carbocycles. The van der Waals surface area contributed by atoms with Crippen LogP contribution in [0.3, 0.4) is 0 Å². The van der Waals surface area contributed by atoms with E-state index in [0.29, 0.717) is 0 Å². The first-order chi connectivity index (χ1) is 30.1. The van der Waals surface area contributed by atoms with Crippen LogP contribution in [0, 0.1) is 0 Å². The first-order valence-electron chi connectivity index (χ1n) is 27.2. The molecular weight excluding hydrogens is 737 g/mol. The molecule has 0 fully saturated rings. The van der Waals surface area contributed by atoms with Crippen molar-refractivity contribution in [2.24, 2.45) is 0 Å². The number of aryl methyl sites for hydroxylation is 2. The first-order valence-corrected chi connectivity index (χ1v) is 27.2. The van der Waals surface area contributed by atoms with Crippen molar-refractivity contribution in [2.45, 2.75) is 278 Å². The second-order valence-corrected chi connectivity index (χ2v) is 19.4. The lowest BCUT2D eigenvalue weighted by Gasteiger charge is -2.12. The zero-order chi connectivity index (χ0) is 43.4. The highest BCUT2D eigenvalue weighted by molar-refractivity contribution is 5.81. The highest BCUT2D eigenvalue weighted by Crippen LogP contribution is 2.42. The molecule has 0 saturated heterocycles. The summed E-state index contributed by atoms with van der Waals surface area (Å²) in [5.74, 6) is 0. The molecule has 0 saturated carbocycles. The summed E-state index contributed by atoms with van der Waals surface area (Å²) in [6, 6.07) is 18.1. The second-order valence-electron chi connectivity index (χ2n) is 19.4. The van der Waals surface area contributed by atoms with Crippen molar-refractivity contribution in [2.75, 3.05) is 0 Å². The van der Waals surface area contributed by atoms with Gasteiger partial charge in [-0.1, -0.05) is 257 Å². The van der Waals surface area contributed by atoms with E-state index in [1.165, 1.54) is 241 Å². The highest BCUT2D eigenvalue weighted by Gasteiger charge is 2.33. The minimum Gasteiger partial charge on any atom is -0.493 e. The summed E-state index contributed by atoms with van der Waals surface area (Å²) in [6.07, 6.45) is 53.5.